The normalized spacial score (nSPS) is 12.8. The number of hydrogen-bond donors (Lipinski definition) is 1. The molecule has 0 aliphatic heterocycles. The van der Waals surface area contributed by atoms with Gasteiger partial charge in [0.2, 0.25) is 0 Å². The van der Waals surface area contributed by atoms with Crippen molar-refractivity contribution in [1.82, 2.24) is 5.32 Å². The minimum Gasteiger partial charge on any atom is -0.383 e. The summed E-state index contributed by atoms with van der Waals surface area (Å²) < 4.78 is 5.16. The maximum absolute atomic E-state index is 5.16. The van der Waals surface area contributed by atoms with Crippen molar-refractivity contribution in [2.75, 3.05) is 20.8 Å². The van der Waals surface area contributed by atoms with Crippen LogP contribution in [0, 0.1) is 13.8 Å². The standard InChI is InChI=1S/C13H21NO/c1-10-5-6-12(7-11(10)2)8-13(14-3)9-15-4/h5-7,13-14H,8-9H2,1-4H3. The first-order chi connectivity index (χ1) is 7.17. The SMILES string of the molecule is CNC(COC)Cc1ccc(C)c(C)c1. The molecule has 84 valence electrons. The topological polar surface area (TPSA) is 21.3 Å². The van der Waals surface area contributed by atoms with Crippen LogP contribution in [0.2, 0.25) is 0 Å². The van der Waals surface area contributed by atoms with Crippen LogP contribution < -0.4 is 5.32 Å². The van der Waals surface area contributed by atoms with E-state index in [1.807, 2.05) is 7.05 Å². The third kappa shape index (κ3) is 3.65. The maximum Gasteiger partial charge on any atom is 0.0618 e. The van der Waals surface area contributed by atoms with Gasteiger partial charge in [0.25, 0.3) is 0 Å². The highest BCUT2D eigenvalue weighted by molar-refractivity contribution is 5.30. The van der Waals surface area contributed by atoms with E-state index in [1.165, 1.54) is 16.7 Å². The van der Waals surface area contributed by atoms with E-state index in [1.54, 1.807) is 7.11 Å². The van der Waals surface area contributed by atoms with E-state index in [-0.39, 0.29) is 0 Å². The van der Waals surface area contributed by atoms with Crippen molar-refractivity contribution in [3.05, 3.63) is 34.9 Å². The van der Waals surface area contributed by atoms with Crippen LogP contribution in [0.3, 0.4) is 0 Å². The first-order valence-corrected chi connectivity index (χ1v) is 5.39. The molecule has 1 unspecified atom stereocenters. The average molecular weight is 207 g/mol. The summed E-state index contributed by atoms with van der Waals surface area (Å²) in [5, 5.41) is 3.26. The highest BCUT2D eigenvalue weighted by Crippen LogP contribution is 2.11. The zero-order valence-corrected chi connectivity index (χ0v) is 10.1. The minimum atomic E-state index is 0.400. The molecule has 1 aromatic rings. The minimum absolute atomic E-state index is 0.400. The summed E-state index contributed by atoms with van der Waals surface area (Å²) in [6.07, 6.45) is 1.02. The molecule has 0 aromatic heterocycles. The molecule has 1 atom stereocenters. The third-order valence-electron chi connectivity index (χ3n) is 2.83. The summed E-state index contributed by atoms with van der Waals surface area (Å²) in [5.41, 5.74) is 4.08. The molecule has 0 spiro atoms. The number of methoxy groups -OCH3 is 1. The van der Waals surface area contributed by atoms with Gasteiger partial charge in [-0.3, -0.25) is 0 Å². The van der Waals surface area contributed by atoms with Gasteiger partial charge in [-0.2, -0.15) is 0 Å². The Morgan fingerprint density at radius 2 is 2.00 bits per heavy atom. The molecule has 0 aliphatic carbocycles. The van der Waals surface area contributed by atoms with Gasteiger partial charge in [-0.25, -0.2) is 0 Å². The van der Waals surface area contributed by atoms with E-state index in [9.17, 15) is 0 Å². The van der Waals surface area contributed by atoms with Crippen LogP contribution in [-0.4, -0.2) is 26.8 Å². The van der Waals surface area contributed by atoms with E-state index in [4.69, 9.17) is 4.74 Å². The molecule has 0 heterocycles. The lowest BCUT2D eigenvalue weighted by Crippen LogP contribution is -2.32. The van der Waals surface area contributed by atoms with Crippen molar-refractivity contribution in [3.63, 3.8) is 0 Å². The zero-order chi connectivity index (χ0) is 11.3. The van der Waals surface area contributed by atoms with Gasteiger partial charge in [0.15, 0.2) is 0 Å². The van der Waals surface area contributed by atoms with E-state index < -0.39 is 0 Å². The van der Waals surface area contributed by atoms with Crippen LogP contribution in [0.25, 0.3) is 0 Å². The highest BCUT2D eigenvalue weighted by Gasteiger charge is 2.06. The summed E-state index contributed by atoms with van der Waals surface area (Å²) >= 11 is 0. The lowest BCUT2D eigenvalue weighted by molar-refractivity contribution is 0.169. The predicted molar refractivity (Wildman–Crippen MR) is 64.3 cm³/mol. The molecule has 0 saturated carbocycles. The lowest BCUT2D eigenvalue weighted by Gasteiger charge is -2.15. The van der Waals surface area contributed by atoms with Crippen molar-refractivity contribution in [2.24, 2.45) is 0 Å². The fraction of sp³-hybridized carbons (Fsp3) is 0.538. The summed E-state index contributed by atoms with van der Waals surface area (Å²) in [5.74, 6) is 0. The molecular formula is C13H21NO. The van der Waals surface area contributed by atoms with Crippen molar-refractivity contribution in [1.29, 1.82) is 0 Å². The van der Waals surface area contributed by atoms with Crippen LogP contribution in [0.5, 0.6) is 0 Å². The van der Waals surface area contributed by atoms with Crippen molar-refractivity contribution in [2.45, 2.75) is 26.3 Å². The second-order valence-electron chi connectivity index (χ2n) is 4.06. The first-order valence-electron chi connectivity index (χ1n) is 5.39. The number of hydrogen-bond acceptors (Lipinski definition) is 2. The van der Waals surface area contributed by atoms with Crippen LogP contribution in [0.4, 0.5) is 0 Å². The average Bonchev–Trinajstić information content (AvgIpc) is 2.23. The largest absolute Gasteiger partial charge is 0.383 e. The molecule has 0 saturated heterocycles. The fourth-order valence-electron chi connectivity index (χ4n) is 1.66. The molecule has 1 aromatic carbocycles. The molecular weight excluding hydrogens is 186 g/mol. The summed E-state index contributed by atoms with van der Waals surface area (Å²) in [4.78, 5) is 0. The maximum atomic E-state index is 5.16. The summed E-state index contributed by atoms with van der Waals surface area (Å²) in [7, 11) is 3.72. The Kier molecular flexibility index (Phi) is 4.79. The second-order valence-corrected chi connectivity index (χ2v) is 4.06. The molecule has 0 bridgehead atoms. The van der Waals surface area contributed by atoms with E-state index >= 15 is 0 Å². The molecule has 0 amide bonds. The first kappa shape index (κ1) is 12.2. The Labute approximate surface area is 92.6 Å². The van der Waals surface area contributed by atoms with Crippen LogP contribution in [-0.2, 0) is 11.2 Å². The van der Waals surface area contributed by atoms with Gasteiger partial charge in [0.05, 0.1) is 6.61 Å². The van der Waals surface area contributed by atoms with Gasteiger partial charge >= 0.3 is 0 Å². The Balaban J connectivity index is 2.66. The van der Waals surface area contributed by atoms with Crippen molar-refractivity contribution >= 4 is 0 Å². The number of ether oxygens (including phenoxy) is 1. The van der Waals surface area contributed by atoms with Gasteiger partial charge in [-0.15, -0.1) is 0 Å². The molecule has 0 fully saturated rings. The zero-order valence-electron chi connectivity index (χ0n) is 10.1. The Bertz CT molecular complexity index is 309. The molecule has 1 N–H and O–H groups in total. The molecule has 0 aliphatic rings. The highest BCUT2D eigenvalue weighted by atomic mass is 16.5. The van der Waals surface area contributed by atoms with Crippen LogP contribution in [0.15, 0.2) is 18.2 Å². The van der Waals surface area contributed by atoms with E-state index in [2.05, 4.69) is 37.4 Å². The summed E-state index contributed by atoms with van der Waals surface area (Å²) in [6.45, 7) is 5.05. The molecule has 15 heavy (non-hydrogen) atoms. The van der Waals surface area contributed by atoms with Gasteiger partial charge < -0.3 is 10.1 Å². The van der Waals surface area contributed by atoms with Gasteiger partial charge in [-0.1, -0.05) is 18.2 Å². The molecule has 0 radical (unpaired) electrons. The molecule has 1 rings (SSSR count). The predicted octanol–water partition coefficient (Wildman–Crippen LogP) is 2.08. The van der Waals surface area contributed by atoms with Crippen molar-refractivity contribution < 1.29 is 4.74 Å². The fourth-order valence-corrected chi connectivity index (χ4v) is 1.66. The summed E-state index contributed by atoms with van der Waals surface area (Å²) in [6, 6.07) is 7.04. The molecule has 2 heteroatoms. The third-order valence-corrected chi connectivity index (χ3v) is 2.83. The van der Waals surface area contributed by atoms with Gasteiger partial charge in [-0.05, 0) is 44.0 Å². The monoisotopic (exact) mass is 207 g/mol. The lowest BCUT2D eigenvalue weighted by atomic mass is 10.0. The Morgan fingerprint density at radius 3 is 2.53 bits per heavy atom. The van der Waals surface area contributed by atoms with Crippen molar-refractivity contribution in [3.8, 4) is 0 Å². The number of benzene rings is 1. The number of nitrogens with one attached hydrogen (secondary N) is 1. The Morgan fingerprint density at radius 1 is 1.27 bits per heavy atom. The quantitative estimate of drug-likeness (QED) is 0.798. The van der Waals surface area contributed by atoms with Crippen LogP contribution in [0.1, 0.15) is 16.7 Å². The molecule has 2 nitrogen and oxygen atoms in total. The number of rotatable bonds is 5. The second kappa shape index (κ2) is 5.89. The number of aryl methyl sites for hydroxylation is 2. The van der Waals surface area contributed by atoms with Gasteiger partial charge in [0, 0.05) is 13.2 Å². The van der Waals surface area contributed by atoms with E-state index in [0.717, 1.165) is 13.0 Å². The smallest absolute Gasteiger partial charge is 0.0618 e. The number of likely N-dealkylation sites (N-methyl/N-ethyl adjacent to an activating group) is 1. The van der Waals surface area contributed by atoms with Gasteiger partial charge in [0.1, 0.15) is 0 Å². The van der Waals surface area contributed by atoms with Crippen LogP contribution >= 0.6 is 0 Å². The Hall–Kier alpha value is -0.860. The van der Waals surface area contributed by atoms with E-state index in [0.29, 0.717) is 6.04 Å².